The van der Waals surface area contributed by atoms with E-state index in [0.29, 0.717) is 22.6 Å². The first kappa shape index (κ1) is 26.2. The number of hydrogen-bond donors (Lipinski definition) is 2. The fraction of sp³-hybridized carbons (Fsp3) is 0.320. The summed E-state index contributed by atoms with van der Waals surface area (Å²) in [6, 6.07) is 10.6. The van der Waals surface area contributed by atoms with Gasteiger partial charge in [-0.05, 0) is 38.1 Å². The molecule has 0 aliphatic heterocycles. The van der Waals surface area contributed by atoms with Gasteiger partial charge >= 0.3 is 6.03 Å². The molecule has 0 spiro atoms. The fourth-order valence-corrected chi connectivity index (χ4v) is 3.46. The van der Waals surface area contributed by atoms with Gasteiger partial charge in [0.25, 0.3) is 0 Å². The predicted octanol–water partition coefficient (Wildman–Crippen LogP) is 5.98. The molecule has 0 radical (unpaired) electrons. The maximum atomic E-state index is 14.0. The zero-order valence-corrected chi connectivity index (χ0v) is 21.0. The highest BCUT2D eigenvalue weighted by Gasteiger charge is 2.25. The number of nitrogens with zero attached hydrogens (tertiary/aromatic N) is 3. The molecule has 1 aromatic heterocycles. The number of aromatic nitrogens is 2. The second kappa shape index (κ2) is 10.4. The van der Waals surface area contributed by atoms with Gasteiger partial charge in [0.05, 0.1) is 22.1 Å². The van der Waals surface area contributed by atoms with E-state index < -0.39 is 23.6 Å². The van der Waals surface area contributed by atoms with Crippen molar-refractivity contribution in [2.75, 3.05) is 17.2 Å². The minimum Gasteiger partial charge on any atom is -0.313 e. The van der Waals surface area contributed by atoms with Crippen LogP contribution in [0.3, 0.4) is 0 Å². The minimum atomic E-state index is -0.912. The van der Waals surface area contributed by atoms with E-state index in [1.54, 1.807) is 42.8 Å². The van der Waals surface area contributed by atoms with Gasteiger partial charge in [-0.2, -0.15) is 5.10 Å². The van der Waals surface area contributed by atoms with Crippen molar-refractivity contribution in [2.24, 2.45) is 0 Å². The first-order valence-corrected chi connectivity index (χ1v) is 11.4. The summed E-state index contributed by atoms with van der Waals surface area (Å²) in [5.74, 6) is -1.76. The van der Waals surface area contributed by atoms with Crippen molar-refractivity contribution in [1.29, 1.82) is 0 Å². The quantitative estimate of drug-likeness (QED) is 0.434. The Morgan fingerprint density at radius 2 is 1.77 bits per heavy atom. The molecule has 0 bridgehead atoms. The largest absolute Gasteiger partial charge is 0.322 e. The molecule has 0 atom stereocenters. The normalized spacial score (nSPS) is 11.5. The van der Waals surface area contributed by atoms with Gasteiger partial charge in [0.1, 0.15) is 24.0 Å². The van der Waals surface area contributed by atoms with Crippen LogP contribution in [0.25, 0.3) is 5.69 Å². The lowest BCUT2D eigenvalue weighted by Gasteiger charge is -2.26. The number of urea groups is 1. The van der Waals surface area contributed by atoms with Crippen molar-refractivity contribution in [3.05, 3.63) is 70.9 Å². The Balaban J connectivity index is 1.83. The highest BCUT2D eigenvalue weighted by atomic mass is 35.5. The molecule has 10 heteroatoms. The van der Waals surface area contributed by atoms with Crippen LogP contribution in [-0.4, -0.2) is 39.2 Å². The Bertz CT molecular complexity index is 1240. The summed E-state index contributed by atoms with van der Waals surface area (Å²) in [4.78, 5) is 27.0. The average Bonchev–Trinajstić information content (AvgIpc) is 3.18. The number of benzene rings is 2. The summed E-state index contributed by atoms with van der Waals surface area (Å²) in [7, 11) is 0. The number of anilines is 2. The van der Waals surface area contributed by atoms with E-state index >= 15 is 0 Å². The molecular weight excluding hydrogens is 476 g/mol. The van der Waals surface area contributed by atoms with E-state index in [0.717, 1.165) is 17.8 Å². The van der Waals surface area contributed by atoms with Gasteiger partial charge in [-0.25, -0.2) is 18.3 Å². The van der Waals surface area contributed by atoms with Crippen LogP contribution in [-0.2, 0) is 10.2 Å². The summed E-state index contributed by atoms with van der Waals surface area (Å²) in [6.07, 6.45) is 0. The number of nitrogens with one attached hydrogen (secondary N) is 2. The van der Waals surface area contributed by atoms with Crippen LogP contribution in [0.15, 0.2) is 48.5 Å². The van der Waals surface area contributed by atoms with Crippen LogP contribution >= 0.6 is 11.6 Å². The maximum absolute atomic E-state index is 14.0. The molecule has 0 aliphatic carbocycles. The van der Waals surface area contributed by atoms with Crippen molar-refractivity contribution in [1.82, 2.24) is 14.7 Å². The Morgan fingerprint density at radius 1 is 1.09 bits per heavy atom. The third kappa shape index (κ3) is 6.36. The summed E-state index contributed by atoms with van der Waals surface area (Å²) < 4.78 is 28.7. The Morgan fingerprint density at radius 3 is 2.37 bits per heavy atom. The molecule has 3 aromatic rings. The zero-order valence-electron chi connectivity index (χ0n) is 20.2. The molecule has 1 heterocycles. The van der Waals surface area contributed by atoms with Gasteiger partial charge in [-0.3, -0.25) is 4.79 Å². The second-order valence-electron chi connectivity index (χ2n) is 9.35. The number of amides is 3. The molecule has 0 aliphatic rings. The molecule has 2 aromatic carbocycles. The van der Waals surface area contributed by atoms with Crippen molar-refractivity contribution >= 4 is 35.0 Å². The molecule has 2 N–H and O–H groups in total. The number of carbonyl (C=O) groups excluding carboxylic acids is 2. The fourth-order valence-electron chi connectivity index (χ4n) is 3.25. The van der Waals surface area contributed by atoms with Crippen LogP contribution in [0.2, 0.25) is 5.02 Å². The Kier molecular flexibility index (Phi) is 7.80. The van der Waals surface area contributed by atoms with Crippen molar-refractivity contribution in [2.45, 2.75) is 46.1 Å². The maximum Gasteiger partial charge on any atom is 0.322 e. The van der Waals surface area contributed by atoms with Gasteiger partial charge < -0.3 is 15.5 Å². The van der Waals surface area contributed by atoms with E-state index in [1.807, 2.05) is 26.8 Å². The van der Waals surface area contributed by atoms with Crippen LogP contribution in [0.4, 0.5) is 25.1 Å². The lowest BCUT2D eigenvalue weighted by atomic mass is 9.92. The van der Waals surface area contributed by atoms with Gasteiger partial charge in [-0.15, -0.1) is 0 Å². The minimum absolute atomic E-state index is 0.186. The van der Waals surface area contributed by atoms with Gasteiger partial charge in [0, 0.05) is 23.6 Å². The smallest absolute Gasteiger partial charge is 0.313 e. The average molecular weight is 504 g/mol. The van der Waals surface area contributed by atoms with E-state index in [9.17, 15) is 18.4 Å². The lowest BCUT2D eigenvalue weighted by molar-refractivity contribution is -0.117. The number of hydrogen-bond acceptors (Lipinski definition) is 3. The molecule has 35 heavy (non-hydrogen) atoms. The standard InChI is InChI=1S/C25H28ClF2N5O2/c1-15(2)32(24(35)29-19-11-10-16(27)12-18(19)28)14-23(34)30-22-13-21(25(3,4)5)31-33(22)20-9-7-6-8-17(20)26/h6-13,15H,14H2,1-5H3,(H,29,35)(H,30,34). The highest BCUT2D eigenvalue weighted by molar-refractivity contribution is 6.32. The van der Waals surface area contributed by atoms with Gasteiger partial charge in [0.2, 0.25) is 5.91 Å². The first-order valence-electron chi connectivity index (χ1n) is 11.0. The van der Waals surface area contributed by atoms with Crippen LogP contribution < -0.4 is 10.6 Å². The summed E-state index contributed by atoms with van der Waals surface area (Å²) >= 11 is 6.37. The third-order valence-corrected chi connectivity index (χ3v) is 5.52. The molecule has 3 amide bonds. The molecule has 186 valence electrons. The Hall–Kier alpha value is -3.46. The zero-order chi connectivity index (χ0) is 25.9. The van der Waals surface area contributed by atoms with E-state index in [-0.39, 0.29) is 23.7 Å². The first-order chi connectivity index (χ1) is 16.4. The van der Waals surface area contributed by atoms with Gasteiger partial charge in [-0.1, -0.05) is 44.5 Å². The molecule has 0 unspecified atom stereocenters. The summed E-state index contributed by atoms with van der Waals surface area (Å²) in [5.41, 5.74) is 0.840. The van der Waals surface area contributed by atoms with E-state index in [1.165, 1.54) is 4.90 Å². The predicted molar refractivity (Wildman–Crippen MR) is 133 cm³/mol. The van der Waals surface area contributed by atoms with Gasteiger partial charge in [0.15, 0.2) is 0 Å². The lowest BCUT2D eigenvalue weighted by Crippen LogP contribution is -2.44. The molecular formula is C25H28ClF2N5O2. The third-order valence-electron chi connectivity index (χ3n) is 5.20. The second-order valence-corrected chi connectivity index (χ2v) is 9.76. The topological polar surface area (TPSA) is 79.3 Å². The van der Waals surface area contributed by atoms with E-state index in [2.05, 4.69) is 15.7 Å². The summed E-state index contributed by atoms with van der Waals surface area (Å²) in [5, 5.41) is 10.3. The number of carbonyl (C=O) groups is 2. The molecule has 3 rings (SSSR count). The van der Waals surface area contributed by atoms with Crippen molar-refractivity contribution < 1.29 is 18.4 Å². The van der Waals surface area contributed by atoms with Crippen molar-refractivity contribution in [3.8, 4) is 5.69 Å². The molecule has 0 saturated carbocycles. The number of halogens is 3. The monoisotopic (exact) mass is 503 g/mol. The molecule has 7 nitrogen and oxygen atoms in total. The van der Waals surface area contributed by atoms with E-state index in [4.69, 9.17) is 11.6 Å². The highest BCUT2D eigenvalue weighted by Crippen LogP contribution is 2.29. The number of rotatable bonds is 6. The number of para-hydroxylation sites is 1. The Labute approximate surface area is 208 Å². The SMILES string of the molecule is CC(C)N(CC(=O)Nc1cc(C(C)(C)C)nn1-c1ccccc1Cl)C(=O)Nc1ccc(F)cc1F. The molecule has 0 fully saturated rings. The van der Waals surface area contributed by atoms with Crippen LogP contribution in [0.1, 0.15) is 40.3 Å². The van der Waals surface area contributed by atoms with Crippen LogP contribution in [0.5, 0.6) is 0 Å². The van der Waals surface area contributed by atoms with Crippen molar-refractivity contribution in [3.63, 3.8) is 0 Å². The summed E-state index contributed by atoms with van der Waals surface area (Å²) in [6.45, 7) is 9.12. The molecule has 0 saturated heterocycles. The van der Waals surface area contributed by atoms with Crippen LogP contribution in [0, 0.1) is 11.6 Å².